The smallest absolute Gasteiger partial charge is 0.332 e. The Bertz CT molecular complexity index is 417. The summed E-state index contributed by atoms with van der Waals surface area (Å²) in [5.41, 5.74) is 7.45. The number of carbonyl (C=O) groups is 2. The third-order valence-electron chi connectivity index (χ3n) is 4.84. The summed E-state index contributed by atoms with van der Waals surface area (Å²) in [6, 6.07) is -0.691. The maximum atomic E-state index is 11.9. The zero-order valence-corrected chi connectivity index (χ0v) is 12.2. The van der Waals surface area contributed by atoms with Gasteiger partial charge in [-0.1, -0.05) is 20.8 Å². The molecule has 0 unspecified atom stereocenters. The third-order valence-corrected chi connectivity index (χ3v) is 4.84. The predicted octanol–water partition coefficient (Wildman–Crippen LogP) is 1.65. The van der Waals surface area contributed by atoms with Gasteiger partial charge in [0, 0.05) is 11.1 Å². The van der Waals surface area contributed by atoms with E-state index in [4.69, 9.17) is 10.5 Å². The van der Waals surface area contributed by atoms with Crippen LogP contribution in [0.5, 0.6) is 0 Å². The lowest BCUT2D eigenvalue weighted by Crippen LogP contribution is -2.43. The van der Waals surface area contributed by atoms with Crippen molar-refractivity contribution in [2.75, 3.05) is 7.11 Å². The number of hydrazone groups is 1. The number of urea groups is 1. The lowest BCUT2D eigenvalue weighted by Gasteiger charge is -2.40. The molecule has 6 heteroatoms. The molecular weight excluding hydrogens is 246 g/mol. The molecule has 0 aromatic heterocycles. The van der Waals surface area contributed by atoms with Crippen LogP contribution < -0.4 is 11.2 Å². The molecule has 0 aromatic rings. The Morgan fingerprint density at radius 2 is 1.95 bits per heavy atom. The molecule has 6 nitrogen and oxygen atoms in total. The van der Waals surface area contributed by atoms with E-state index in [9.17, 15) is 9.59 Å². The number of primary amides is 1. The first kappa shape index (κ1) is 15.5. The summed E-state index contributed by atoms with van der Waals surface area (Å²) >= 11 is 0. The van der Waals surface area contributed by atoms with E-state index in [1.807, 2.05) is 20.8 Å². The molecular formula is C13H23N3O3. The fourth-order valence-electron chi connectivity index (χ4n) is 2.96. The summed E-state index contributed by atoms with van der Waals surface area (Å²) in [6.45, 7) is 7.96. The standard InChI is InChI=1S/C13H23N3O3/c1-8(15-16-11(14)18)13(4)7-6-9(10(17)19-5)12(13,2)3/h9H,6-7H2,1-5H3,(H3,14,16,18)/t9-,13-/m1/s1. The first-order valence-corrected chi connectivity index (χ1v) is 6.35. The van der Waals surface area contributed by atoms with Crippen LogP contribution in [0, 0.1) is 16.7 Å². The SMILES string of the molecule is COC(=O)[C@H]1CC[C@](C)(C(C)=NNC(N)=O)C1(C)C. The number of hydrogen-bond donors (Lipinski definition) is 2. The quantitative estimate of drug-likeness (QED) is 0.463. The molecule has 1 saturated carbocycles. The van der Waals surface area contributed by atoms with E-state index < -0.39 is 6.03 Å². The molecule has 0 heterocycles. The Kier molecular flexibility index (Phi) is 4.22. The monoisotopic (exact) mass is 269 g/mol. The highest BCUT2D eigenvalue weighted by atomic mass is 16.5. The van der Waals surface area contributed by atoms with Gasteiger partial charge in [0.1, 0.15) is 0 Å². The van der Waals surface area contributed by atoms with Crippen molar-refractivity contribution in [3.05, 3.63) is 0 Å². The maximum Gasteiger partial charge on any atom is 0.332 e. The number of esters is 1. The molecule has 19 heavy (non-hydrogen) atoms. The van der Waals surface area contributed by atoms with Gasteiger partial charge in [0.15, 0.2) is 0 Å². The minimum atomic E-state index is -0.691. The molecule has 1 aliphatic carbocycles. The van der Waals surface area contributed by atoms with Crippen molar-refractivity contribution in [3.63, 3.8) is 0 Å². The van der Waals surface area contributed by atoms with E-state index >= 15 is 0 Å². The van der Waals surface area contributed by atoms with Crippen LogP contribution in [-0.4, -0.2) is 24.8 Å². The van der Waals surface area contributed by atoms with Crippen LogP contribution in [0.25, 0.3) is 0 Å². The van der Waals surface area contributed by atoms with Crippen molar-refractivity contribution in [1.29, 1.82) is 0 Å². The zero-order chi connectivity index (χ0) is 14.8. The fourth-order valence-corrected chi connectivity index (χ4v) is 2.96. The van der Waals surface area contributed by atoms with Gasteiger partial charge in [-0.15, -0.1) is 0 Å². The number of methoxy groups -OCH3 is 1. The molecule has 0 bridgehead atoms. The molecule has 0 radical (unpaired) electrons. The Morgan fingerprint density at radius 3 is 2.42 bits per heavy atom. The second-order valence-corrected chi connectivity index (χ2v) is 5.84. The average Bonchev–Trinajstić information content (AvgIpc) is 2.57. The lowest BCUT2D eigenvalue weighted by molar-refractivity contribution is -0.149. The van der Waals surface area contributed by atoms with Crippen LogP contribution >= 0.6 is 0 Å². The highest BCUT2D eigenvalue weighted by Gasteiger charge is 2.56. The molecule has 3 N–H and O–H groups in total. The van der Waals surface area contributed by atoms with Crippen LogP contribution in [0.2, 0.25) is 0 Å². The number of rotatable bonds is 3. The van der Waals surface area contributed by atoms with Crippen LogP contribution in [0.4, 0.5) is 4.79 Å². The Morgan fingerprint density at radius 1 is 1.37 bits per heavy atom. The second-order valence-electron chi connectivity index (χ2n) is 5.84. The zero-order valence-electron chi connectivity index (χ0n) is 12.2. The normalized spacial score (nSPS) is 29.9. The lowest BCUT2D eigenvalue weighted by atomic mass is 9.63. The van der Waals surface area contributed by atoms with Gasteiger partial charge in [-0.3, -0.25) is 4.79 Å². The average molecular weight is 269 g/mol. The topological polar surface area (TPSA) is 93.8 Å². The molecule has 108 valence electrons. The van der Waals surface area contributed by atoms with Crippen molar-refractivity contribution < 1.29 is 14.3 Å². The number of ether oxygens (including phenoxy) is 1. The van der Waals surface area contributed by atoms with Gasteiger partial charge >= 0.3 is 12.0 Å². The summed E-state index contributed by atoms with van der Waals surface area (Å²) in [5, 5.41) is 4.03. The van der Waals surface area contributed by atoms with Gasteiger partial charge in [0.05, 0.1) is 13.0 Å². The Hall–Kier alpha value is -1.59. The molecule has 0 spiro atoms. The number of amides is 2. The number of hydrogen-bond acceptors (Lipinski definition) is 4. The molecule has 1 aliphatic rings. The predicted molar refractivity (Wildman–Crippen MR) is 72.5 cm³/mol. The van der Waals surface area contributed by atoms with Gasteiger partial charge in [0.2, 0.25) is 0 Å². The maximum absolute atomic E-state index is 11.9. The van der Waals surface area contributed by atoms with Crippen LogP contribution in [0.1, 0.15) is 40.5 Å². The van der Waals surface area contributed by atoms with Crippen molar-refractivity contribution >= 4 is 17.7 Å². The summed E-state index contributed by atoms with van der Waals surface area (Å²) in [7, 11) is 1.41. The first-order chi connectivity index (χ1) is 8.66. The van der Waals surface area contributed by atoms with E-state index in [0.717, 1.165) is 18.6 Å². The largest absolute Gasteiger partial charge is 0.469 e. The van der Waals surface area contributed by atoms with E-state index in [1.54, 1.807) is 0 Å². The van der Waals surface area contributed by atoms with Gasteiger partial charge in [-0.2, -0.15) is 5.10 Å². The van der Waals surface area contributed by atoms with Crippen LogP contribution in [0.3, 0.4) is 0 Å². The van der Waals surface area contributed by atoms with Crippen molar-refractivity contribution in [3.8, 4) is 0 Å². The highest BCUT2D eigenvalue weighted by Crippen LogP contribution is 2.56. The van der Waals surface area contributed by atoms with Crippen LogP contribution in [0.15, 0.2) is 5.10 Å². The molecule has 1 rings (SSSR count). The molecule has 2 amide bonds. The Balaban J connectivity index is 3.03. The van der Waals surface area contributed by atoms with E-state index in [2.05, 4.69) is 17.5 Å². The Labute approximate surface area is 113 Å². The van der Waals surface area contributed by atoms with Crippen LogP contribution in [-0.2, 0) is 9.53 Å². The minimum Gasteiger partial charge on any atom is -0.469 e. The van der Waals surface area contributed by atoms with Gasteiger partial charge < -0.3 is 10.5 Å². The van der Waals surface area contributed by atoms with Gasteiger partial charge in [-0.05, 0) is 25.2 Å². The summed E-state index contributed by atoms with van der Waals surface area (Å²) in [4.78, 5) is 22.6. The van der Waals surface area contributed by atoms with Gasteiger partial charge in [-0.25, -0.2) is 10.2 Å². The van der Waals surface area contributed by atoms with Crippen molar-refractivity contribution in [1.82, 2.24) is 5.43 Å². The van der Waals surface area contributed by atoms with E-state index in [-0.39, 0.29) is 22.7 Å². The molecule has 0 saturated heterocycles. The summed E-state index contributed by atoms with van der Waals surface area (Å²) < 4.78 is 4.87. The minimum absolute atomic E-state index is 0.166. The number of nitrogens with zero attached hydrogens (tertiary/aromatic N) is 1. The van der Waals surface area contributed by atoms with E-state index in [0.29, 0.717) is 0 Å². The number of nitrogens with two attached hydrogens (primary N) is 1. The fraction of sp³-hybridized carbons (Fsp3) is 0.769. The molecule has 1 fully saturated rings. The van der Waals surface area contributed by atoms with Crippen molar-refractivity contribution in [2.45, 2.75) is 40.5 Å². The molecule has 0 aromatic carbocycles. The summed E-state index contributed by atoms with van der Waals surface area (Å²) in [5.74, 6) is -0.356. The molecule has 0 aliphatic heterocycles. The summed E-state index contributed by atoms with van der Waals surface area (Å²) in [6.07, 6.45) is 1.56. The van der Waals surface area contributed by atoms with E-state index in [1.165, 1.54) is 7.11 Å². The van der Waals surface area contributed by atoms with Crippen molar-refractivity contribution in [2.24, 2.45) is 27.6 Å². The third kappa shape index (κ3) is 2.57. The highest BCUT2D eigenvalue weighted by molar-refractivity contribution is 5.91. The number of nitrogens with one attached hydrogen (secondary N) is 1. The first-order valence-electron chi connectivity index (χ1n) is 6.35. The van der Waals surface area contributed by atoms with Gasteiger partial charge in [0.25, 0.3) is 0 Å². The molecule has 2 atom stereocenters. The second kappa shape index (κ2) is 5.19. The number of carbonyl (C=O) groups excluding carboxylic acids is 2.